The van der Waals surface area contributed by atoms with E-state index in [1.165, 1.54) is 12.3 Å². The molecule has 16 heavy (non-hydrogen) atoms. The summed E-state index contributed by atoms with van der Waals surface area (Å²) >= 11 is 1.59. The van der Waals surface area contributed by atoms with Gasteiger partial charge in [0.2, 0.25) is 0 Å². The number of aryl methyl sites for hydroxylation is 1. The number of halogens is 1. The lowest BCUT2D eigenvalue weighted by Crippen LogP contribution is -2.04. The molecule has 82 valence electrons. The molecule has 4 heteroatoms. The van der Waals surface area contributed by atoms with Gasteiger partial charge in [-0.2, -0.15) is 11.3 Å². The van der Waals surface area contributed by atoms with Gasteiger partial charge < -0.3 is 0 Å². The van der Waals surface area contributed by atoms with Crippen molar-refractivity contribution in [2.75, 3.05) is 0 Å². The van der Waals surface area contributed by atoms with Gasteiger partial charge in [-0.1, -0.05) is 0 Å². The molecule has 0 spiro atoms. The molecule has 0 aliphatic rings. The number of Topliss-reactive ketones (excluding diaryl/α,β-unsaturated/α-hetero) is 1. The number of aromatic nitrogens is 1. The molecule has 0 aliphatic heterocycles. The zero-order valence-electron chi connectivity index (χ0n) is 8.52. The van der Waals surface area contributed by atoms with Gasteiger partial charge in [-0.3, -0.25) is 9.78 Å². The molecular weight excluding hydrogens is 225 g/mol. The lowest BCUT2D eigenvalue weighted by Gasteiger charge is -2.00. The smallest absolute Gasteiger partial charge is 0.166 e. The summed E-state index contributed by atoms with van der Waals surface area (Å²) in [4.78, 5) is 15.3. The molecule has 0 aliphatic carbocycles. The van der Waals surface area contributed by atoms with Gasteiger partial charge in [0.05, 0.1) is 11.8 Å². The van der Waals surface area contributed by atoms with Crippen LogP contribution in [0.4, 0.5) is 4.39 Å². The Morgan fingerprint density at radius 1 is 1.44 bits per heavy atom. The highest BCUT2D eigenvalue weighted by atomic mass is 32.1. The van der Waals surface area contributed by atoms with Gasteiger partial charge in [0, 0.05) is 12.6 Å². The van der Waals surface area contributed by atoms with Crippen molar-refractivity contribution in [2.45, 2.75) is 12.8 Å². The Kier molecular flexibility index (Phi) is 3.41. The van der Waals surface area contributed by atoms with Crippen molar-refractivity contribution in [3.8, 4) is 0 Å². The molecule has 0 fully saturated rings. The van der Waals surface area contributed by atoms with Crippen LogP contribution in [-0.2, 0) is 6.42 Å². The Bertz CT molecular complexity index is 482. The lowest BCUT2D eigenvalue weighted by molar-refractivity contribution is 0.0979. The second-order valence-electron chi connectivity index (χ2n) is 3.41. The molecule has 2 heterocycles. The Labute approximate surface area is 96.8 Å². The second kappa shape index (κ2) is 4.99. The predicted molar refractivity (Wildman–Crippen MR) is 61.2 cm³/mol. The predicted octanol–water partition coefficient (Wildman–Crippen LogP) is 3.10. The summed E-state index contributed by atoms with van der Waals surface area (Å²) in [5.74, 6) is -0.719. The van der Waals surface area contributed by atoms with Crippen molar-refractivity contribution in [2.24, 2.45) is 0 Å². The third kappa shape index (κ3) is 2.52. The Hall–Kier alpha value is -1.55. The number of carbonyl (C=O) groups excluding carboxylic acids is 1. The highest BCUT2D eigenvalue weighted by Gasteiger charge is 2.11. The van der Waals surface area contributed by atoms with E-state index in [4.69, 9.17) is 0 Å². The van der Waals surface area contributed by atoms with Crippen LogP contribution in [-0.4, -0.2) is 10.8 Å². The topological polar surface area (TPSA) is 30.0 Å². The summed E-state index contributed by atoms with van der Waals surface area (Å²) < 4.78 is 13.2. The number of thiophene rings is 1. The molecule has 0 atom stereocenters. The minimum Gasteiger partial charge on any atom is -0.294 e. The summed E-state index contributed by atoms with van der Waals surface area (Å²) in [6.45, 7) is 0. The van der Waals surface area contributed by atoms with Crippen molar-refractivity contribution < 1.29 is 9.18 Å². The van der Waals surface area contributed by atoms with E-state index in [-0.39, 0.29) is 11.3 Å². The van der Waals surface area contributed by atoms with E-state index >= 15 is 0 Å². The summed E-state index contributed by atoms with van der Waals surface area (Å²) in [7, 11) is 0. The van der Waals surface area contributed by atoms with Crippen molar-refractivity contribution >= 4 is 17.1 Å². The zero-order chi connectivity index (χ0) is 11.4. The standard InChI is InChI=1S/C12H10FNOS/c13-11-7-14-5-3-10(11)12(15)2-1-9-4-6-16-8-9/h3-8H,1-2H2. The minimum absolute atomic E-state index is 0.130. The number of ketones is 1. The van der Waals surface area contributed by atoms with Gasteiger partial charge in [0.15, 0.2) is 11.6 Å². The highest BCUT2D eigenvalue weighted by molar-refractivity contribution is 7.07. The van der Waals surface area contributed by atoms with E-state index in [0.29, 0.717) is 12.8 Å². The number of hydrogen-bond acceptors (Lipinski definition) is 3. The van der Waals surface area contributed by atoms with E-state index in [0.717, 1.165) is 11.8 Å². The van der Waals surface area contributed by atoms with Crippen molar-refractivity contribution in [1.29, 1.82) is 0 Å². The Balaban J connectivity index is 2.01. The second-order valence-corrected chi connectivity index (χ2v) is 4.19. The highest BCUT2D eigenvalue weighted by Crippen LogP contribution is 2.12. The van der Waals surface area contributed by atoms with Gasteiger partial charge in [0.25, 0.3) is 0 Å². The Morgan fingerprint density at radius 3 is 3.00 bits per heavy atom. The van der Waals surface area contributed by atoms with Gasteiger partial charge in [-0.05, 0) is 34.9 Å². The molecule has 0 aromatic carbocycles. The fourth-order valence-electron chi connectivity index (χ4n) is 1.43. The number of pyridine rings is 1. The van der Waals surface area contributed by atoms with Crippen LogP contribution < -0.4 is 0 Å². The summed E-state index contributed by atoms with van der Waals surface area (Å²) in [6, 6.07) is 3.39. The van der Waals surface area contributed by atoms with Gasteiger partial charge in [-0.15, -0.1) is 0 Å². The molecule has 0 saturated carbocycles. The van der Waals surface area contributed by atoms with E-state index < -0.39 is 5.82 Å². The first kappa shape index (κ1) is 11.0. The molecule has 2 nitrogen and oxygen atoms in total. The normalized spacial score (nSPS) is 10.3. The molecule has 0 amide bonds. The zero-order valence-corrected chi connectivity index (χ0v) is 9.34. The fourth-order valence-corrected chi connectivity index (χ4v) is 2.13. The molecule has 2 aromatic heterocycles. The van der Waals surface area contributed by atoms with E-state index in [1.54, 1.807) is 11.3 Å². The summed E-state index contributed by atoms with van der Waals surface area (Å²) in [5, 5.41) is 3.96. The number of hydrogen-bond donors (Lipinski definition) is 0. The van der Waals surface area contributed by atoms with Gasteiger partial charge in [-0.25, -0.2) is 4.39 Å². The maximum absolute atomic E-state index is 13.2. The van der Waals surface area contributed by atoms with Crippen LogP contribution in [0, 0.1) is 5.82 Å². The first-order chi connectivity index (χ1) is 7.77. The number of nitrogens with zero attached hydrogens (tertiary/aromatic N) is 1. The van der Waals surface area contributed by atoms with E-state index in [2.05, 4.69) is 4.98 Å². The SMILES string of the molecule is O=C(CCc1ccsc1)c1ccncc1F. The van der Waals surface area contributed by atoms with Crippen LogP contribution in [0.15, 0.2) is 35.3 Å². The van der Waals surface area contributed by atoms with Crippen LogP contribution in [0.5, 0.6) is 0 Å². The first-order valence-corrected chi connectivity index (χ1v) is 5.85. The Morgan fingerprint density at radius 2 is 2.31 bits per heavy atom. The van der Waals surface area contributed by atoms with E-state index in [1.807, 2.05) is 16.8 Å². The van der Waals surface area contributed by atoms with E-state index in [9.17, 15) is 9.18 Å². The maximum atomic E-state index is 13.2. The van der Waals surface area contributed by atoms with Crippen LogP contribution in [0.1, 0.15) is 22.3 Å². The van der Waals surface area contributed by atoms with Crippen molar-refractivity contribution in [1.82, 2.24) is 4.98 Å². The van der Waals surface area contributed by atoms with Gasteiger partial charge in [0.1, 0.15) is 0 Å². The molecule has 2 rings (SSSR count). The maximum Gasteiger partial charge on any atom is 0.166 e. The van der Waals surface area contributed by atoms with Crippen molar-refractivity contribution in [3.05, 3.63) is 52.2 Å². The third-order valence-electron chi connectivity index (χ3n) is 2.29. The lowest BCUT2D eigenvalue weighted by atomic mass is 10.1. The molecular formula is C12H10FNOS. The van der Waals surface area contributed by atoms with Crippen LogP contribution in [0.25, 0.3) is 0 Å². The first-order valence-electron chi connectivity index (χ1n) is 4.91. The summed E-state index contributed by atoms with van der Waals surface area (Å²) in [5.41, 5.74) is 1.25. The van der Waals surface area contributed by atoms with Crippen LogP contribution in [0.2, 0.25) is 0 Å². The fraction of sp³-hybridized carbons (Fsp3) is 0.167. The molecule has 0 radical (unpaired) electrons. The quantitative estimate of drug-likeness (QED) is 0.762. The monoisotopic (exact) mass is 235 g/mol. The average molecular weight is 235 g/mol. The largest absolute Gasteiger partial charge is 0.294 e. The molecule has 0 unspecified atom stereocenters. The molecule has 0 bridgehead atoms. The average Bonchev–Trinajstić information content (AvgIpc) is 2.79. The molecule has 0 saturated heterocycles. The third-order valence-corrected chi connectivity index (χ3v) is 3.03. The van der Waals surface area contributed by atoms with Gasteiger partial charge >= 0.3 is 0 Å². The number of rotatable bonds is 4. The minimum atomic E-state index is -0.544. The van der Waals surface area contributed by atoms with Crippen molar-refractivity contribution in [3.63, 3.8) is 0 Å². The van der Waals surface area contributed by atoms with Crippen LogP contribution in [0.3, 0.4) is 0 Å². The molecule has 2 aromatic rings. The summed E-state index contributed by atoms with van der Waals surface area (Å²) in [6.07, 6.45) is 3.49. The van der Waals surface area contributed by atoms with Crippen LogP contribution >= 0.6 is 11.3 Å². The number of carbonyl (C=O) groups is 1. The molecule has 0 N–H and O–H groups in total.